The van der Waals surface area contributed by atoms with Gasteiger partial charge in [-0.05, 0) is 54.4 Å². The second-order valence-corrected chi connectivity index (χ2v) is 9.57. The Morgan fingerprint density at radius 2 is 1.72 bits per heavy atom. The second-order valence-electron chi connectivity index (χ2n) is 9.57. The van der Waals surface area contributed by atoms with Crippen LogP contribution in [-0.4, -0.2) is 36.3 Å². The summed E-state index contributed by atoms with van der Waals surface area (Å²) < 4.78 is 14.0. The van der Waals surface area contributed by atoms with Crippen molar-refractivity contribution >= 4 is 11.8 Å². The van der Waals surface area contributed by atoms with Crippen molar-refractivity contribution in [1.29, 1.82) is 0 Å². The Labute approximate surface area is 188 Å². The maximum atomic E-state index is 14.0. The van der Waals surface area contributed by atoms with Crippen LogP contribution in [0.4, 0.5) is 4.39 Å². The molecule has 2 aliphatic heterocycles. The zero-order valence-corrected chi connectivity index (χ0v) is 18.2. The quantitative estimate of drug-likeness (QED) is 0.734. The first-order chi connectivity index (χ1) is 15.5. The van der Waals surface area contributed by atoms with E-state index in [2.05, 4.69) is 29.6 Å². The van der Waals surface area contributed by atoms with Gasteiger partial charge < -0.3 is 10.2 Å². The number of hydrogen-bond donors (Lipinski definition) is 1. The normalized spacial score (nSPS) is 23.8. The van der Waals surface area contributed by atoms with Crippen molar-refractivity contribution in [1.82, 2.24) is 10.2 Å². The zero-order chi connectivity index (χ0) is 22.2. The van der Waals surface area contributed by atoms with Gasteiger partial charge in [0.2, 0.25) is 11.8 Å². The lowest BCUT2D eigenvalue weighted by Crippen LogP contribution is -2.55. The van der Waals surface area contributed by atoms with Gasteiger partial charge in [-0.2, -0.15) is 0 Å². The van der Waals surface area contributed by atoms with E-state index in [-0.39, 0.29) is 29.0 Å². The molecule has 0 radical (unpaired) electrons. The Morgan fingerprint density at radius 3 is 2.41 bits per heavy atom. The predicted molar refractivity (Wildman–Crippen MR) is 122 cm³/mol. The maximum Gasteiger partial charge on any atom is 0.233 e. The zero-order valence-electron chi connectivity index (χ0n) is 18.2. The first kappa shape index (κ1) is 20.9. The summed E-state index contributed by atoms with van der Waals surface area (Å²) in [5.41, 5.74) is 1.26. The highest BCUT2D eigenvalue weighted by Gasteiger charge is 2.49. The summed E-state index contributed by atoms with van der Waals surface area (Å²) in [6.07, 6.45) is 7.63. The van der Waals surface area contributed by atoms with Crippen molar-refractivity contribution in [3.63, 3.8) is 0 Å². The molecule has 1 spiro atoms. The number of carbonyl (C=O) groups excluding carboxylic acids is 2. The van der Waals surface area contributed by atoms with Crippen LogP contribution in [0.5, 0.6) is 0 Å². The molecule has 1 N–H and O–H groups in total. The van der Waals surface area contributed by atoms with E-state index >= 15 is 0 Å². The predicted octanol–water partition coefficient (Wildman–Crippen LogP) is 4.33. The van der Waals surface area contributed by atoms with Crippen molar-refractivity contribution in [3.8, 4) is 0 Å². The van der Waals surface area contributed by atoms with E-state index in [0.29, 0.717) is 26.1 Å². The lowest BCUT2D eigenvalue weighted by molar-refractivity contribution is -0.141. The molecule has 0 aromatic heterocycles. The Morgan fingerprint density at radius 1 is 1.00 bits per heavy atom. The van der Waals surface area contributed by atoms with Crippen molar-refractivity contribution in [3.05, 3.63) is 83.7 Å². The molecule has 32 heavy (non-hydrogen) atoms. The lowest BCUT2D eigenvalue weighted by Gasteiger charge is -2.50. The van der Waals surface area contributed by atoms with Crippen LogP contribution >= 0.6 is 0 Å². The third-order valence-corrected chi connectivity index (χ3v) is 7.89. The van der Waals surface area contributed by atoms with E-state index in [0.717, 1.165) is 36.8 Å². The van der Waals surface area contributed by atoms with Crippen LogP contribution in [0.1, 0.15) is 49.1 Å². The molecule has 2 saturated heterocycles. The van der Waals surface area contributed by atoms with Crippen LogP contribution < -0.4 is 5.32 Å². The fourth-order valence-electron chi connectivity index (χ4n) is 6.06. The van der Waals surface area contributed by atoms with Gasteiger partial charge in [0.15, 0.2) is 0 Å². The molecule has 0 saturated carbocycles. The highest BCUT2D eigenvalue weighted by atomic mass is 19.1. The summed E-state index contributed by atoms with van der Waals surface area (Å²) in [7, 11) is 0. The highest BCUT2D eigenvalue weighted by molar-refractivity contribution is 5.89. The minimum absolute atomic E-state index is 0.0539. The summed E-state index contributed by atoms with van der Waals surface area (Å²) in [6.45, 7) is 1.78. The molecule has 5 heteroatoms. The van der Waals surface area contributed by atoms with Crippen LogP contribution in [0.25, 0.3) is 0 Å². The van der Waals surface area contributed by atoms with E-state index in [4.69, 9.17) is 0 Å². The third kappa shape index (κ3) is 3.54. The third-order valence-electron chi connectivity index (χ3n) is 7.89. The molecule has 2 amide bonds. The van der Waals surface area contributed by atoms with Gasteiger partial charge >= 0.3 is 0 Å². The van der Waals surface area contributed by atoms with Crippen molar-refractivity contribution < 1.29 is 14.0 Å². The fourth-order valence-corrected chi connectivity index (χ4v) is 6.06. The smallest absolute Gasteiger partial charge is 0.233 e. The largest absolute Gasteiger partial charge is 0.355 e. The van der Waals surface area contributed by atoms with Crippen LogP contribution in [0.2, 0.25) is 0 Å². The number of benzene rings is 2. The molecule has 5 rings (SSSR count). The Bertz CT molecular complexity index is 1030. The van der Waals surface area contributed by atoms with Crippen LogP contribution in [0.3, 0.4) is 0 Å². The Kier molecular flexibility index (Phi) is 5.36. The van der Waals surface area contributed by atoms with Gasteiger partial charge in [-0.15, -0.1) is 0 Å². The first-order valence-corrected chi connectivity index (χ1v) is 11.5. The molecule has 2 aromatic rings. The topological polar surface area (TPSA) is 49.4 Å². The molecule has 1 atom stereocenters. The minimum Gasteiger partial charge on any atom is -0.355 e. The summed E-state index contributed by atoms with van der Waals surface area (Å²) in [4.78, 5) is 28.2. The number of carbonyl (C=O) groups is 2. The molecular weight excluding hydrogens is 403 g/mol. The van der Waals surface area contributed by atoms with Crippen molar-refractivity contribution in [2.75, 3.05) is 19.6 Å². The summed E-state index contributed by atoms with van der Waals surface area (Å²) >= 11 is 0. The average molecular weight is 433 g/mol. The van der Waals surface area contributed by atoms with E-state index in [1.807, 2.05) is 29.2 Å². The molecule has 1 unspecified atom stereocenters. The molecule has 0 bridgehead atoms. The van der Waals surface area contributed by atoms with E-state index in [1.54, 1.807) is 12.1 Å². The molecule has 166 valence electrons. The van der Waals surface area contributed by atoms with Crippen LogP contribution in [0, 0.1) is 11.2 Å². The van der Waals surface area contributed by atoms with Gasteiger partial charge in [0.05, 0.1) is 5.41 Å². The maximum absolute atomic E-state index is 14.0. The number of nitrogens with one attached hydrogen (secondary N) is 1. The molecule has 2 aromatic carbocycles. The molecule has 2 fully saturated rings. The van der Waals surface area contributed by atoms with Crippen molar-refractivity contribution in [2.24, 2.45) is 5.41 Å². The highest BCUT2D eigenvalue weighted by Crippen LogP contribution is 2.50. The van der Waals surface area contributed by atoms with E-state index in [9.17, 15) is 14.0 Å². The molecular formula is C27H29FN2O2. The number of rotatable bonds is 3. The number of amides is 2. The SMILES string of the molecule is O=C1CC2(CCN(C(=O)C3(c4ccccc4)CC=CC3)CC2)C(c2cccc(F)c2)CN1. The minimum atomic E-state index is -0.516. The Balaban J connectivity index is 1.38. The van der Waals surface area contributed by atoms with Gasteiger partial charge in [-0.1, -0.05) is 54.6 Å². The number of hydrogen-bond acceptors (Lipinski definition) is 2. The summed E-state index contributed by atoms with van der Waals surface area (Å²) in [6, 6.07) is 16.8. The average Bonchev–Trinajstić information content (AvgIpc) is 3.31. The van der Waals surface area contributed by atoms with Gasteiger partial charge in [0.1, 0.15) is 5.82 Å². The van der Waals surface area contributed by atoms with E-state index in [1.165, 1.54) is 6.07 Å². The summed E-state index contributed by atoms with van der Waals surface area (Å²) in [5, 5.41) is 2.98. The number of nitrogens with zero attached hydrogens (tertiary/aromatic N) is 1. The Hall–Kier alpha value is -2.95. The first-order valence-electron chi connectivity index (χ1n) is 11.5. The number of piperidine rings is 2. The molecule has 1 aliphatic carbocycles. The molecule has 4 nitrogen and oxygen atoms in total. The summed E-state index contributed by atoms with van der Waals surface area (Å²) in [5.74, 6) is 0.0503. The second kappa shape index (κ2) is 8.19. The monoisotopic (exact) mass is 432 g/mol. The standard InChI is InChI=1S/C27H29FN2O2/c28-22-10-6-7-20(17-22)23-19-29-24(31)18-26(23)13-15-30(16-14-26)25(32)27(11-4-5-12-27)21-8-2-1-3-9-21/h1-10,17,23H,11-16,18-19H2,(H,29,31). The number of likely N-dealkylation sites (tertiary alicyclic amines) is 1. The van der Waals surface area contributed by atoms with Gasteiger partial charge in [-0.3, -0.25) is 9.59 Å². The van der Waals surface area contributed by atoms with E-state index < -0.39 is 5.41 Å². The number of halogens is 1. The number of allylic oxidation sites excluding steroid dienone is 2. The van der Waals surface area contributed by atoms with Crippen LogP contribution in [0.15, 0.2) is 66.7 Å². The molecule has 3 aliphatic rings. The van der Waals surface area contributed by atoms with Crippen LogP contribution in [-0.2, 0) is 15.0 Å². The van der Waals surface area contributed by atoms with Gasteiger partial charge in [-0.25, -0.2) is 4.39 Å². The van der Waals surface area contributed by atoms with Crippen molar-refractivity contribution in [2.45, 2.75) is 43.4 Å². The fraction of sp³-hybridized carbons (Fsp3) is 0.407. The van der Waals surface area contributed by atoms with Gasteiger partial charge in [0.25, 0.3) is 0 Å². The van der Waals surface area contributed by atoms with Gasteiger partial charge in [0, 0.05) is 32.0 Å². The lowest BCUT2D eigenvalue weighted by atomic mass is 9.62. The molecule has 2 heterocycles.